The molecule has 0 bridgehead atoms. The van der Waals surface area contributed by atoms with Gasteiger partial charge in [0.15, 0.2) is 21.5 Å². The molecule has 3 aromatic heterocycles. The third-order valence-electron chi connectivity index (χ3n) is 8.86. The average Bonchev–Trinajstić information content (AvgIpc) is 3.76. The van der Waals surface area contributed by atoms with Gasteiger partial charge >= 0.3 is 0 Å². The molecule has 49 heavy (non-hydrogen) atoms. The zero-order valence-electron chi connectivity index (χ0n) is 25.9. The highest BCUT2D eigenvalue weighted by Gasteiger charge is 2.44. The van der Waals surface area contributed by atoms with Crippen LogP contribution in [0.2, 0.25) is 0 Å². The molecule has 4 atom stereocenters. The SMILES string of the molecule is Cc1nc(NCc2cc(F)c(F)cc2F)nc(N[C@@H]2C[C@H](CS(=O)(=O)c3ccc(F)cc3)[C@@H](O)[C@H]2O)c1-c1nc2c(C3CC3)nccc2s1. The summed E-state index contributed by atoms with van der Waals surface area (Å²) >= 11 is 1.39. The van der Waals surface area contributed by atoms with Crippen LogP contribution in [0.5, 0.6) is 0 Å². The number of hydrogen-bond donors (Lipinski definition) is 4. The van der Waals surface area contributed by atoms with Crippen LogP contribution in [0.3, 0.4) is 0 Å². The van der Waals surface area contributed by atoms with Gasteiger partial charge in [-0.05, 0) is 62.6 Å². The highest BCUT2D eigenvalue weighted by molar-refractivity contribution is 7.91. The number of aromatic nitrogens is 4. The lowest BCUT2D eigenvalue weighted by Crippen LogP contribution is -2.36. The molecule has 2 aromatic carbocycles. The molecule has 256 valence electrons. The van der Waals surface area contributed by atoms with E-state index in [4.69, 9.17) is 4.98 Å². The number of aliphatic hydroxyl groups excluding tert-OH is 2. The molecule has 0 spiro atoms. The van der Waals surface area contributed by atoms with Crippen molar-refractivity contribution in [3.63, 3.8) is 0 Å². The van der Waals surface area contributed by atoms with Crippen molar-refractivity contribution in [1.29, 1.82) is 0 Å². The van der Waals surface area contributed by atoms with E-state index < -0.39 is 63.0 Å². The summed E-state index contributed by atoms with van der Waals surface area (Å²) in [5.74, 6) is -4.93. The van der Waals surface area contributed by atoms with Gasteiger partial charge < -0.3 is 20.8 Å². The van der Waals surface area contributed by atoms with Gasteiger partial charge in [0.25, 0.3) is 0 Å². The molecular weight excluding hydrogens is 685 g/mol. The van der Waals surface area contributed by atoms with Crippen LogP contribution in [-0.2, 0) is 16.4 Å². The first kappa shape index (κ1) is 33.3. The van der Waals surface area contributed by atoms with E-state index in [9.17, 15) is 36.2 Å². The molecule has 16 heteroatoms. The maximum Gasteiger partial charge on any atom is 0.225 e. The number of benzene rings is 2. The molecule has 3 heterocycles. The Labute approximate surface area is 282 Å². The number of aryl methyl sites for hydroxylation is 1. The van der Waals surface area contributed by atoms with E-state index in [-0.39, 0.29) is 35.2 Å². The van der Waals surface area contributed by atoms with E-state index in [1.807, 2.05) is 6.07 Å². The van der Waals surface area contributed by atoms with Crippen molar-refractivity contribution in [3.8, 4) is 10.6 Å². The molecule has 2 fully saturated rings. The molecule has 2 aliphatic rings. The standard InChI is InChI=1S/C33H30F4N6O4S2/c1-15-26(32-42-28-25(48-32)8-9-38-27(28)16-2-3-16)31(43-33(40-15)39-13-17-10-22(36)23(37)12-21(17)35)41-24-11-18(29(44)30(24)45)14-49(46,47)20-6-4-19(34)5-7-20/h4-10,12,16,18,24,29-30,44-45H,2-3,11,13-14H2,1H3,(H2,39,40,41,43)/t18-,24-,29-,30+/m1/s1. The monoisotopic (exact) mass is 714 g/mol. The summed E-state index contributed by atoms with van der Waals surface area (Å²) in [7, 11) is -3.94. The lowest BCUT2D eigenvalue weighted by molar-refractivity contribution is 0.0216. The zero-order valence-corrected chi connectivity index (χ0v) is 27.5. The van der Waals surface area contributed by atoms with Gasteiger partial charge in [-0.15, -0.1) is 11.3 Å². The number of fused-ring (bicyclic) bond motifs is 1. The Kier molecular flexibility index (Phi) is 8.75. The minimum atomic E-state index is -3.94. The third-order valence-corrected chi connectivity index (χ3v) is 11.8. The highest BCUT2D eigenvalue weighted by Crippen LogP contribution is 2.44. The number of rotatable bonds is 10. The molecule has 4 N–H and O–H groups in total. The van der Waals surface area contributed by atoms with E-state index in [0.717, 1.165) is 59.1 Å². The van der Waals surface area contributed by atoms with Crippen molar-refractivity contribution >= 4 is 43.2 Å². The van der Waals surface area contributed by atoms with E-state index >= 15 is 0 Å². The molecule has 0 aliphatic heterocycles. The fourth-order valence-electron chi connectivity index (χ4n) is 6.15. The van der Waals surface area contributed by atoms with Crippen molar-refractivity contribution < 1.29 is 36.2 Å². The van der Waals surface area contributed by atoms with Gasteiger partial charge in [0.05, 0.1) is 44.4 Å². The Balaban J connectivity index is 1.21. The molecule has 0 saturated heterocycles. The third kappa shape index (κ3) is 6.69. The van der Waals surface area contributed by atoms with Crippen LogP contribution in [0.1, 0.15) is 42.1 Å². The average molecular weight is 715 g/mol. The predicted molar refractivity (Wildman–Crippen MR) is 175 cm³/mol. The van der Waals surface area contributed by atoms with E-state index in [2.05, 4.69) is 25.6 Å². The van der Waals surface area contributed by atoms with E-state index in [0.29, 0.717) is 28.2 Å². The number of thiazole rings is 1. The van der Waals surface area contributed by atoms with Crippen LogP contribution in [0.4, 0.5) is 29.3 Å². The van der Waals surface area contributed by atoms with E-state index in [1.165, 1.54) is 11.3 Å². The maximum atomic E-state index is 14.4. The van der Waals surface area contributed by atoms with Gasteiger partial charge in [0.1, 0.15) is 34.1 Å². The van der Waals surface area contributed by atoms with Crippen LogP contribution < -0.4 is 10.6 Å². The molecule has 0 amide bonds. The number of nitrogens with one attached hydrogen (secondary N) is 2. The first-order valence-corrected chi connectivity index (χ1v) is 18.0. The van der Waals surface area contributed by atoms with Gasteiger partial charge in [-0.2, -0.15) is 4.98 Å². The summed E-state index contributed by atoms with van der Waals surface area (Å²) < 4.78 is 82.3. The molecule has 7 rings (SSSR count). The second kappa shape index (κ2) is 12.9. The quantitative estimate of drug-likeness (QED) is 0.0830. The second-order valence-electron chi connectivity index (χ2n) is 12.4. The number of halogens is 4. The second-order valence-corrected chi connectivity index (χ2v) is 15.4. The topological polar surface area (TPSA) is 150 Å². The Morgan fingerprint density at radius 2 is 1.67 bits per heavy atom. The van der Waals surface area contributed by atoms with Crippen LogP contribution in [-0.4, -0.2) is 62.6 Å². The summed E-state index contributed by atoms with van der Waals surface area (Å²) in [6.07, 6.45) is 0.998. The molecule has 5 aromatic rings. The zero-order chi connectivity index (χ0) is 34.6. The van der Waals surface area contributed by atoms with Crippen molar-refractivity contribution in [2.24, 2.45) is 5.92 Å². The summed E-state index contributed by atoms with van der Waals surface area (Å²) in [5, 5.41) is 28.6. The predicted octanol–water partition coefficient (Wildman–Crippen LogP) is 5.50. The van der Waals surface area contributed by atoms with Crippen LogP contribution in [0.25, 0.3) is 20.8 Å². The van der Waals surface area contributed by atoms with Crippen LogP contribution in [0.15, 0.2) is 53.6 Å². The normalized spacial score (nSPS) is 21.0. The van der Waals surface area contributed by atoms with Gasteiger partial charge in [0, 0.05) is 36.2 Å². The number of sulfone groups is 1. The van der Waals surface area contributed by atoms with Crippen molar-refractivity contribution in [2.45, 2.75) is 61.8 Å². The minimum Gasteiger partial charge on any atom is -0.390 e. The van der Waals surface area contributed by atoms with Gasteiger partial charge in [0.2, 0.25) is 5.95 Å². The summed E-state index contributed by atoms with van der Waals surface area (Å²) in [6, 6.07) is 6.55. The van der Waals surface area contributed by atoms with Gasteiger partial charge in [-0.3, -0.25) is 4.98 Å². The van der Waals surface area contributed by atoms with Crippen LogP contribution in [0, 0.1) is 36.1 Å². The molecule has 0 unspecified atom stereocenters. The fraction of sp³-hybridized carbons (Fsp3) is 0.333. The van der Waals surface area contributed by atoms with Crippen LogP contribution >= 0.6 is 11.3 Å². The Morgan fingerprint density at radius 3 is 2.41 bits per heavy atom. The first-order chi connectivity index (χ1) is 23.4. The largest absolute Gasteiger partial charge is 0.390 e. The Bertz CT molecular complexity index is 2170. The first-order valence-electron chi connectivity index (χ1n) is 15.5. The summed E-state index contributed by atoms with van der Waals surface area (Å²) in [4.78, 5) is 18.5. The van der Waals surface area contributed by atoms with Crippen molar-refractivity contribution in [2.75, 3.05) is 16.4 Å². The molecule has 2 saturated carbocycles. The Morgan fingerprint density at radius 1 is 0.939 bits per heavy atom. The van der Waals surface area contributed by atoms with Crippen molar-refractivity contribution in [1.82, 2.24) is 19.9 Å². The summed E-state index contributed by atoms with van der Waals surface area (Å²) in [6.45, 7) is 1.42. The molecule has 0 radical (unpaired) electrons. The van der Waals surface area contributed by atoms with E-state index in [1.54, 1.807) is 13.1 Å². The number of aliphatic hydroxyl groups is 2. The number of anilines is 2. The maximum absolute atomic E-state index is 14.4. The highest BCUT2D eigenvalue weighted by atomic mass is 32.2. The number of hydrogen-bond acceptors (Lipinski definition) is 11. The smallest absolute Gasteiger partial charge is 0.225 e. The number of pyridine rings is 1. The van der Waals surface area contributed by atoms with Gasteiger partial charge in [-0.1, -0.05) is 0 Å². The van der Waals surface area contributed by atoms with Gasteiger partial charge in [-0.25, -0.2) is 35.9 Å². The number of nitrogens with zero attached hydrogens (tertiary/aromatic N) is 4. The summed E-state index contributed by atoms with van der Waals surface area (Å²) in [5.41, 5.74) is 2.42. The lowest BCUT2D eigenvalue weighted by atomic mass is 10.1. The lowest BCUT2D eigenvalue weighted by Gasteiger charge is -2.21. The van der Waals surface area contributed by atoms with Crippen molar-refractivity contribution in [3.05, 3.63) is 88.9 Å². The fourth-order valence-corrected chi connectivity index (χ4v) is 8.86. The molecular formula is C33H30F4N6O4S2. The molecule has 2 aliphatic carbocycles. The minimum absolute atomic E-state index is 0.00203. The molecule has 10 nitrogen and oxygen atoms in total. The Hall–Kier alpha value is -4.25.